The van der Waals surface area contributed by atoms with Crippen molar-refractivity contribution >= 4 is 27.7 Å². The SMILES string of the molecule is Cc1cc(OC2CCS(=O)(=O)CC2)cc(C)c1-c1cccc2c1OCC2C=Nc1ccc2c(c1)OCC2CC(=O)O. The van der Waals surface area contributed by atoms with Gasteiger partial charge in [0.2, 0.25) is 0 Å². The normalized spacial score (nSPS) is 21.2. The highest BCUT2D eigenvalue weighted by molar-refractivity contribution is 7.91. The molecule has 3 aromatic carbocycles. The third kappa shape index (κ3) is 5.68. The number of fused-ring (bicyclic) bond motifs is 2. The largest absolute Gasteiger partial charge is 0.493 e. The maximum absolute atomic E-state index is 11.8. The number of carboxylic acid groups (broad SMARTS) is 1. The number of ether oxygens (including phenoxy) is 3. The minimum absolute atomic E-state index is 0.00955. The van der Waals surface area contributed by atoms with Gasteiger partial charge in [0.1, 0.15) is 30.0 Å². The van der Waals surface area contributed by atoms with E-state index in [0.717, 1.165) is 50.6 Å². The summed E-state index contributed by atoms with van der Waals surface area (Å²) in [4.78, 5) is 15.8. The van der Waals surface area contributed by atoms with Gasteiger partial charge in [0, 0.05) is 34.9 Å². The third-order valence-electron chi connectivity index (χ3n) is 8.13. The first-order valence-corrected chi connectivity index (χ1v) is 15.8. The highest BCUT2D eigenvalue weighted by Crippen LogP contribution is 2.44. The van der Waals surface area contributed by atoms with Crippen molar-refractivity contribution in [1.29, 1.82) is 0 Å². The van der Waals surface area contributed by atoms with Crippen molar-refractivity contribution in [3.8, 4) is 28.4 Å². The summed E-state index contributed by atoms with van der Waals surface area (Å²) in [5.74, 6) is 1.70. The van der Waals surface area contributed by atoms with Crippen LogP contribution in [-0.2, 0) is 14.6 Å². The number of nitrogens with zero attached hydrogens (tertiary/aromatic N) is 1. The van der Waals surface area contributed by atoms with Crippen molar-refractivity contribution in [2.75, 3.05) is 24.7 Å². The molecule has 9 heteroatoms. The molecule has 8 nitrogen and oxygen atoms in total. The molecule has 1 saturated heterocycles. The van der Waals surface area contributed by atoms with Gasteiger partial charge in [-0.1, -0.05) is 24.3 Å². The summed E-state index contributed by atoms with van der Waals surface area (Å²) in [6.07, 6.45) is 2.91. The first-order valence-electron chi connectivity index (χ1n) is 13.9. The van der Waals surface area contributed by atoms with Gasteiger partial charge in [-0.15, -0.1) is 0 Å². The summed E-state index contributed by atoms with van der Waals surface area (Å²) in [5, 5.41) is 9.14. The molecule has 0 aliphatic carbocycles. The molecule has 41 heavy (non-hydrogen) atoms. The van der Waals surface area contributed by atoms with E-state index in [-0.39, 0.29) is 35.9 Å². The molecule has 0 bridgehead atoms. The Hall–Kier alpha value is -3.85. The molecular formula is C32H33NO7S. The summed E-state index contributed by atoms with van der Waals surface area (Å²) in [6, 6.07) is 15.9. The van der Waals surface area contributed by atoms with Crippen LogP contribution in [0.3, 0.4) is 0 Å². The number of para-hydroxylation sites is 1. The number of carboxylic acids is 1. The van der Waals surface area contributed by atoms with Gasteiger partial charge in [-0.05, 0) is 61.6 Å². The Labute approximate surface area is 239 Å². The summed E-state index contributed by atoms with van der Waals surface area (Å²) >= 11 is 0. The first kappa shape index (κ1) is 27.3. The highest BCUT2D eigenvalue weighted by Gasteiger charge is 2.29. The van der Waals surface area contributed by atoms with Crippen LogP contribution in [-0.4, -0.2) is 56.5 Å². The Balaban J connectivity index is 1.20. The molecule has 214 valence electrons. The Morgan fingerprint density at radius 1 is 1.02 bits per heavy atom. The van der Waals surface area contributed by atoms with E-state index >= 15 is 0 Å². The van der Waals surface area contributed by atoms with Crippen LogP contribution in [0.1, 0.15) is 53.4 Å². The molecule has 2 unspecified atom stereocenters. The Bertz CT molecular complexity index is 1610. The lowest BCUT2D eigenvalue weighted by Gasteiger charge is -2.24. The smallest absolute Gasteiger partial charge is 0.304 e. The number of rotatable bonds is 7. The van der Waals surface area contributed by atoms with Crippen molar-refractivity contribution in [2.24, 2.45) is 4.99 Å². The molecule has 0 amide bonds. The molecule has 3 heterocycles. The van der Waals surface area contributed by atoms with Crippen molar-refractivity contribution in [3.63, 3.8) is 0 Å². The average Bonchev–Trinajstić information content (AvgIpc) is 3.52. The minimum atomic E-state index is -2.93. The molecule has 1 N–H and O–H groups in total. The molecule has 3 aliphatic rings. The predicted molar refractivity (Wildman–Crippen MR) is 157 cm³/mol. The van der Waals surface area contributed by atoms with Crippen LogP contribution in [0, 0.1) is 13.8 Å². The van der Waals surface area contributed by atoms with E-state index in [1.54, 1.807) is 0 Å². The van der Waals surface area contributed by atoms with Gasteiger partial charge < -0.3 is 19.3 Å². The lowest BCUT2D eigenvalue weighted by Crippen LogP contribution is -2.30. The molecule has 1 fully saturated rings. The zero-order chi connectivity index (χ0) is 28.7. The van der Waals surface area contributed by atoms with Gasteiger partial charge in [-0.3, -0.25) is 9.79 Å². The van der Waals surface area contributed by atoms with Gasteiger partial charge >= 0.3 is 5.97 Å². The van der Waals surface area contributed by atoms with E-state index in [2.05, 4.69) is 26.0 Å². The molecule has 0 aromatic heterocycles. The van der Waals surface area contributed by atoms with Crippen molar-refractivity contribution in [3.05, 3.63) is 70.8 Å². The molecular weight excluding hydrogens is 542 g/mol. The van der Waals surface area contributed by atoms with E-state index in [1.807, 2.05) is 42.6 Å². The lowest BCUT2D eigenvalue weighted by molar-refractivity contribution is -0.137. The summed E-state index contributed by atoms with van der Waals surface area (Å²) in [5.41, 5.74) is 7.01. The molecule has 0 saturated carbocycles. The number of carbonyl (C=O) groups is 1. The van der Waals surface area contributed by atoms with Gasteiger partial charge in [-0.2, -0.15) is 0 Å². The van der Waals surface area contributed by atoms with Crippen LogP contribution >= 0.6 is 0 Å². The first-order chi connectivity index (χ1) is 19.7. The average molecular weight is 576 g/mol. The van der Waals surface area contributed by atoms with Crippen LogP contribution in [0.15, 0.2) is 53.5 Å². The zero-order valence-electron chi connectivity index (χ0n) is 23.1. The van der Waals surface area contributed by atoms with Crippen LogP contribution in [0.2, 0.25) is 0 Å². The molecule has 0 spiro atoms. The van der Waals surface area contributed by atoms with Crippen molar-refractivity contribution in [2.45, 2.75) is 51.0 Å². The number of hydrogen-bond acceptors (Lipinski definition) is 7. The summed E-state index contributed by atoms with van der Waals surface area (Å²) < 4.78 is 41.7. The van der Waals surface area contributed by atoms with E-state index in [4.69, 9.17) is 24.3 Å². The number of benzene rings is 3. The summed E-state index contributed by atoms with van der Waals surface area (Å²) in [6.45, 7) is 4.98. The Kier molecular flexibility index (Phi) is 7.23. The maximum Gasteiger partial charge on any atom is 0.304 e. The van der Waals surface area contributed by atoms with E-state index in [0.29, 0.717) is 31.8 Å². The zero-order valence-corrected chi connectivity index (χ0v) is 23.9. The van der Waals surface area contributed by atoms with Gasteiger partial charge in [0.05, 0.1) is 36.1 Å². The van der Waals surface area contributed by atoms with Crippen LogP contribution in [0.5, 0.6) is 17.2 Å². The Morgan fingerprint density at radius 3 is 2.51 bits per heavy atom. The number of aryl methyl sites for hydroxylation is 2. The second-order valence-electron chi connectivity index (χ2n) is 11.1. The molecule has 0 radical (unpaired) electrons. The standard InChI is InChI=1S/C32H33NO7S/c1-19-12-25(40-24-8-10-41(36,37)11-9-24)13-20(2)31(19)28-5-3-4-27-22(18-39-32(27)28)16-33-23-6-7-26-21(14-30(34)35)17-38-29(26)15-23/h3-7,12-13,15-16,21-22,24H,8-11,14,17-18H2,1-2H3,(H,34,35). The van der Waals surface area contributed by atoms with Gasteiger partial charge in [0.15, 0.2) is 9.84 Å². The monoisotopic (exact) mass is 575 g/mol. The van der Waals surface area contributed by atoms with Crippen LogP contribution in [0.4, 0.5) is 5.69 Å². The maximum atomic E-state index is 11.8. The minimum Gasteiger partial charge on any atom is -0.493 e. The quantitative estimate of drug-likeness (QED) is 0.357. The van der Waals surface area contributed by atoms with Crippen molar-refractivity contribution in [1.82, 2.24) is 0 Å². The number of sulfone groups is 1. The second-order valence-corrected chi connectivity index (χ2v) is 13.5. The molecule has 6 rings (SSSR count). The molecule has 3 aliphatic heterocycles. The predicted octanol–water partition coefficient (Wildman–Crippen LogP) is 5.76. The van der Waals surface area contributed by atoms with E-state index in [1.165, 1.54) is 0 Å². The Morgan fingerprint density at radius 2 is 1.78 bits per heavy atom. The fraction of sp³-hybridized carbons (Fsp3) is 0.375. The van der Waals surface area contributed by atoms with Gasteiger partial charge in [-0.25, -0.2) is 8.42 Å². The fourth-order valence-electron chi connectivity index (χ4n) is 6.09. The number of aliphatic imine (C=N–C) groups is 1. The highest BCUT2D eigenvalue weighted by atomic mass is 32.2. The number of aliphatic carboxylic acids is 1. The van der Waals surface area contributed by atoms with E-state index in [9.17, 15) is 13.2 Å². The van der Waals surface area contributed by atoms with Crippen LogP contribution in [0.25, 0.3) is 11.1 Å². The third-order valence-corrected chi connectivity index (χ3v) is 9.85. The lowest BCUT2D eigenvalue weighted by atomic mass is 9.91. The van der Waals surface area contributed by atoms with E-state index < -0.39 is 15.8 Å². The second kappa shape index (κ2) is 10.9. The molecule has 3 aromatic rings. The molecule has 2 atom stereocenters. The van der Waals surface area contributed by atoms with Crippen molar-refractivity contribution < 1.29 is 32.5 Å². The number of hydrogen-bond donors (Lipinski definition) is 1. The van der Waals surface area contributed by atoms with Crippen LogP contribution < -0.4 is 14.2 Å². The summed E-state index contributed by atoms with van der Waals surface area (Å²) in [7, 11) is -2.93. The van der Waals surface area contributed by atoms with Gasteiger partial charge in [0.25, 0.3) is 0 Å². The topological polar surface area (TPSA) is 111 Å². The fourth-order valence-corrected chi connectivity index (χ4v) is 7.54.